The van der Waals surface area contributed by atoms with Crippen molar-refractivity contribution in [2.24, 2.45) is 16.6 Å². The van der Waals surface area contributed by atoms with E-state index < -0.39 is 5.41 Å². The maximum atomic E-state index is 13.1. The van der Waals surface area contributed by atoms with Crippen LogP contribution in [-0.2, 0) is 9.59 Å². The van der Waals surface area contributed by atoms with E-state index in [2.05, 4.69) is 16.8 Å². The Morgan fingerprint density at radius 3 is 2.49 bits per heavy atom. The Balaban J connectivity index is 1.57. The van der Waals surface area contributed by atoms with Gasteiger partial charge in [-0.2, -0.15) is 0 Å². The minimum Gasteiger partial charge on any atom is -0.440 e. The van der Waals surface area contributed by atoms with Crippen molar-refractivity contribution in [3.8, 4) is 11.3 Å². The van der Waals surface area contributed by atoms with Crippen molar-refractivity contribution in [1.82, 2.24) is 9.88 Å². The van der Waals surface area contributed by atoms with Crippen LogP contribution in [0.15, 0.2) is 34.9 Å². The first kappa shape index (κ1) is 25.9. The number of carbonyl (C=O) groups excluding carboxylic acids is 2. The number of aromatic nitrogens is 1. The molecule has 2 aliphatic rings. The quantitative estimate of drug-likeness (QED) is 0.362. The number of piperidine rings is 1. The molecule has 2 heterocycles. The molecule has 1 amide bonds. The predicted molar refractivity (Wildman–Crippen MR) is 138 cm³/mol. The lowest BCUT2D eigenvalue weighted by molar-refractivity contribution is -0.126. The third-order valence-electron chi connectivity index (χ3n) is 8.53. The monoisotopic (exact) mass is 499 g/mol. The van der Waals surface area contributed by atoms with E-state index in [1.807, 2.05) is 31.2 Å². The average molecular weight is 500 g/mol. The van der Waals surface area contributed by atoms with Crippen LogP contribution >= 0.6 is 11.6 Å². The van der Waals surface area contributed by atoms with Gasteiger partial charge in [0, 0.05) is 23.4 Å². The smallest absolute Gasteiger partial charge is 0.225 e. The van der Waals surface area contributed by atoms with E-state index in [4.69, 9.17) is 21.8 Å². The SMILES string of the molecule is CCC(=O)CCCCC[C@H](c1ncc(-c2ccc(Cl)cc2)o1)C1(C(N)=O)CC12CCN(CC)CC2. The van der Waals surface area contributed by atoms with Crippen LogP contribution in [0.25, 0.3) is 11.3 Å². The molecule has 7 heteroatoms. The van der Waals surface area contributed by atoms with Crippen molar-refractivity contribution in [2.45, 2.75) is 77.6 Å². The fourth-order valence-electron chi connectivity index (χ4n) is 6.22. The number of primary amides is 1. The van der Waals surface area contributed by atoms with Gasteiger partial charge in [-0.05, 0) is 81.4 Å². The second kappa shape index (κ2) is 10.8. The number of oxazole rings is 1. The molecule has 190 valence electrons. The zero-order chi connectivity index (χ0) is 25.1. The van der Waals surface area contributed by atoms with Crippen molar-refractivity contribution >= 4 is 23.3 Å². The lowest BCUT2D eigenvalue weighted by Gasteiger charge is -2.36. The number of ketones is 1. The van der Waals surface area contributed by atoms with E-state index in [1.165, 1.54) is 0 Å². The molecular weight excluding hydrogens is 462 g/mol. The Labute approximate surface area is 213 Å². The van der Waals surface area contributed by atoms with Gasteiger partial charge in [-0.3, -0.25) is 9.59 Å². The summed E-state index contributed by atoms with van der Waals surface area (Å²) in [4.78, 5) is 32.0. The van der Waals surface area contributed by atoms with Crippen LogP contribution in [0.1, 0.15) is 83.4 Å². The number of likely N-dealkylation sites (tertiary alicyclic amines) is 1. The van der Waals surface area contributed by atoms with E-state index in [0.29, 0.717) is 35.3 Å². The highest BCUT2D eigenvalue weighted by molar-refractivity contribution is 6.30. The van der Waals surface area contributed by atoms with Gasteiger partial charge >= 0.3 is 0 Å². The molecule has 0 bridgehead atoms. The number of unbranched alkanes of at least 4 members (excludes halogenated alkanes) is 2. The van der Waals surface area contributed by atoms with Gasteiger partial charge in [0.2, 0.25) is 5.91 Å². The van der Waals surface area contributed by atoms with Crippen molar-refractivity contribution in [3.63, 3.8) is 0 Å². The summed E-state index contributed by atoms with van der Waals surface area (Å²) < 4.78 is 6.31. The Morgan fingerprint density at radius 2 is 1.86 bits per heavy atom. The Kier molecular flexibility index (Phi) is 8.02. The fraction of sp³-hybridized carbons (Fsp3) is 0.607. The molecule has 1 saturated heterocycles. The van der Waals surface area contributed by atoms with Crippen molar-refractivity contribution in [2.75, 3.05) is 19.6 Å². The zero-order valence-electron chi connectivity index (χ0n) is 21.0. The summed E-state index contributed by atoms with van der Waals surface area (Å²) in [5.74, 6) is 1.20. The van der Waals surface area contributed by atoms with E-state index in [0.717, 1.165) is 70.1 Å². The molecular formula is C28H38ClN3O3. The molecule has 2 aromatic rings. The summed E-state index contributed by atoms with van der Waals surface area (Å²) >= 11 is 6.05. The average Bonchev–Trinajstić information content (AvgIpc) is 3.24. The second-order valence-electron chi connectivity index (χ2n) is 10.3. The van der Waals surface area contributed by atoms with Crippen LogP contribution in [0.3, 0.4) is 0 Å². The summed E-state index contributed by atoms with van der Waals surface area (Å²) in [6.07, 6.45) is 9.24. The first-order valence-corrected chi connectivity index (χ1v) is 13.5. The lowest BCUT2D eigenvalue weighted by Crippen LogP contribution is -2.42. The topological polar surface area (TPSA) is 89.4 Å². The highest BCUT2D eigenvalue weighted by atomic mass is 35.5. The van der Waals surface area contributed by atoms with E-state index in [9.17, 15) is 9.59 Å². The summed E-state index contributed by atoms with van der Waals surface area (Å²) in [6.45, 7) is 7.12. The van der Waals surface area contributed by atoms with Gasteiger partial charge < -0.3 is 15.1 Å². The third kappa shape index (κ3) is 5.19. The molecule has 4 rings (SSSR count). The molecule has 2 N–H and O–H groups in total. The van der Waals surface area contributed by atoms with E-state index >= 15 is 0 Å². The first-order valence-electron chi connectivity index (χ1n) is 13.1. The molecule has 1 aromatic carbocycles. The first-order chi connectivity index (χ1) is 16.8. The molecule has 2 atom stereocenters. The number of nitrogens with zero attached hydrogens (tertiary/aromatic N) is 2. The fourth-order valence-corrected chi connectivity index (χ4v) is 6.35. The Morgan fingerprint density at radius 1 is 1.14 bits per heavy atom. The summed E-state index contributed by atoms with van der Waals surface area (Å²) in [5, 5.41) is 0.666. The minimum absolute atomic E-state index is 0.0672. The standard InChI is InChI=1S/C28H38ClN3O3/c1-3-22(33)8-6-5-7-9-23(25-31-18-24(35-25)20-10-12-21(29)13-11-20)28(26(30)34)19-27(28)14-16-32(4-2)17-15-27/h10-13,18,23H,3-9,14-17,19H2,1-2H3,(H2,30,34)/t23-,28?/m1/s1. The normalized spacial score (nSPS) is 22.3. The van der Waals surface area contributed by atoms with Gasteiger partial charge in [-0.25, -0.2) is 4.98 Å². The molecule has 0 radical (unpaired) electrons. The molecule has 35 heavy (non-hydrogen) atoms. The van der Waals surface area contributed by atoms with Crippen molar-refractivity contribution in [1.29, 1.82) is 0 Å². The van der Waals surface area contributed by atoms with Crippen LogP contribution in [0, 0.1) is 10.8 Å². The van der Waals surface area contributed by atoms with Gasteiger partial charge in [0.15, 0.2) is 11.7 Å². The summed E-state index contributed by atoms with van der Waals surface area (Å²) in [7, 11) is 0. The number of Topliss-reactive ketones (excluding diaryl/α,β-unsaturated/α-hetero) is 1. The Bertz CT molecular complexity index is 1030. The van der Waals surface area contributed by atoms with E-state index in [-0.39, 0.29) is 17.2 Å². The number of rotatable bonds is 12. The predicted octanol–water partition coefficient (Wildman–Crippen LogP) is 5.99. The summed E-state index contributed by atoms with van der Waals surface area (Å²) in [6, 6.07) is 7.48. The van der Waals surface area contributed by atoms with Crippen LogP contribution < -0.4 is 5.73 Å². The van der Waals surface area contributed by atoms with Crippen LogP contribution in [0.5, 0.6) is 0 Å². The van der Waals surface area contributed by atoms with Gasteiger partial charge in [-0.1, -0.05) is 38.3 Å². The van der Waals surface area contributed by atoms with Gasteiger partial charge in [0.1, 0.15) is 5.78 Å². The molecule has 1 aliphatic heterocycles. The highest BCUT2D eigenvalue weighted by Gasteiger charge is 2.74. The number of benzene rings is 1. The molecule has 1 unspecified atom stereocenters. The maximum Gasteiger partial charge on any atom is 0.225 e. The zero-order valence-corrected chi connectivity index (χ0v) is 21.8. The van der Waals surface area contributed by atoms with Crippen LogP contribution in [0.4, 0.5) is 0 Å². The molecule has 2 fully saturated rings. The summed E-state index contributed by atoms with van der Waals surface area (Å²) in [5.41, 5.74) is 6.40. The molecule has 6 nitrogen and oxygen atoms in total. The number of halogens is 1. The number of hydrogen-bond donors (Lipinski definition) is 1. The second-order valence-corrected chi connectivity index (χ2v) is 10.8. The van der Waals surface area contributed by atoms with Gasteiger partial charge in [0.25, 0.3) is 0 Å². The Hall–Kier alpha value is -2.18. The maximum absolute atomic E-state index is 13.1. The minimum atomic E-state index is -0.617. The number of carbonyl (C=O) groups is 2. The number of amides is 1. The van der Waals surface area contributed by atoms with E-state index in [1.54, 1.807) is 6.20 Å². The lowest BCUT2D eigenvalue weighted by atomic mass is 9.74. The molecule has 1 aliphatic carbocycles. The van der Waals surface area contributed by atoms with Gasteiger partial charge in [-0.15, -0.1) is 0 Å². The molecule has 1 saturated carbocycles. The van der Waals surface area contributed by atoms with Crippen molar-refractivity contribution in [3.05, 3.63) is 41.4 Å². The van der Waals surface area contributed by atoms with Crippen LogP contribution in [-0.4, -0.2) is 41.2 Å². The van der Waals surface area contributed by atoms with Crippen LogP contribution in [0.2, 0.25) is 5.02 Å². The highest BCUT2D eigenvalue weighted by Crippen LogP contribution is 2.75. The largest absolute Gasteiger partial charge is 0.440 e. The molecule has 1 aromatic heterocycles. The number of nitrogens with two attached hydrogens (primary N) is 1. The van der Waals surface area contributed by atoms with Crippen molar-refractivity contribution < 1.29 is 14.0 Å². The van der Waals surface area contributed by atoms with Gasteiger partial charge in [0.05, 0.1) is 17.5 Å². The number of hydrogen-bond acceptors (Lipinski definition) is 5. The molecule has 1 spiro atoms. The third-order valence-corrected chi connectivity index (χ3v) is 8.78.